The Kier molecular flexibility index (Phi) is 22.7. The fourth-order valence-electron chi connectivity index (χ4n) is 1.88. The van der Waals surface area contributed by atoms with Gasteiger partial charge in [0.1, 0.15) is 6.29 Å². The van der Waals surface area contributed by atoms with Crippen molar-refractivity contribution in [2.24, 2.45) is 0 Å². The van der Waals surface area contributed by atoms with Gasteiger partial charge in [-0.3, -0.25) is 4.79 Å². The van der Waals surface area contributed by atoms with E-state index in [9.17, 15) is 4.79 Å². The minimum atomic E-state index is 0. The molecule has 0 saturated carbocycles. The molecule has 123 valence electrons. The van der Waals surface area contributed by atoms with Crippen molar-refractivity contribution in [3.05, 3.63) is 24.3 Å². The zero-order chi connectivity index (χ0) is 16.2. The minimum absolute atomic E-state index is 0. The number of hydrogen-bond donors (Lipinski definition) is 0. The molecule has 0 saturated heterocycles. The minimum Gasteiger partial charge on any atom is -0.379 e. The molecular weight excluding hydrogens is 264 g/mol. The summed E-state index contributed by atoms with van der Waals surface area (Å²) in [6.07, 6.45) is 17.3. The predicted octanol–water partition coefficient (Wildman–Crippen LogP) is 4.89. The van der Waals surface area contributed by atoms with Gasteiger partial charge in [0.05, 0.1) is 12.7 Å². The second-order valence-electron chi connectivity index (χ2n) is 4.85. The van der Waals surface area contributed by atoms with Gasteiger partial charge in [-0.05, 0) is 46.1 Å². The number of aldehydes is 1. The number of unbranched alkanes of at least 4 members (excludes halogenated alkanes) is 5. The number of carbonyl (C=O) groups is 1. The summed E-state index contributed by atoms with van der Waals surface area (Å²) in [5, 5.41) is 8.93. The van der Waals surface area contributed by atoms with Crippen LogP contribution in [0.25, 0.3) is 0 Å². The summed E-state index contributed by atoms with van der Waals surface area (Å²) in [6, 6.07) is 0. The lowest BCUT2D eigenvalue weighted by Gasteiger charge is -2.10. The van der Waals surface area contributed by atoms with Crippen LogP contribution in [-0.2, 0) is 14.6 Å². The Hall–Kier alpha value is -0.930. The van der Waals surface area contributed by atoms with Gasteiger partial charge in [-0.2, -0.15) is 0 Å². The molecule has 21 heavy (non-hydrogen) atoms. The Morgan fingerprint density at radius 1 is 0.952 bits per heavy atom. The lowest BCUT2D eigenvalue weighted by molar-refractivity contribution is -0.104. The van der Waals surface area contributed by atoms with E-state index in [2.05, 4.69) is 13.0 Å². The quantitative estimate of drug-likeness (QED) is 0.223. The third-order valence-electron chi connectivity index (χ3n) is 2.87. The molecule has 0 heterocycles. The second-order valence-corrected chi connectivity index (χ2v) is 4.85. The van der Waals surface area contributed by atoms with Crippen molar-refractivity contribution in [1.29, 1.82) is 0 Å². The maximum Gasteiger partial charge on any atom is 0.142 e. The van der Waals surface area contributed by atoms with E-state index < -0.39 is 0 Å². The first-order valence-electron chi connectivity index (χ1n) is 8.19. The monoisotopic (exact) mass is 297 g/mol. The van der Waals surface area contributed by atoms with E-state index in [-0.39, 0.29) is 6.61 Å². The fourth-order valence-corrected chi connectivity index (χ4v) is 1.88. The molecule has 0 aliphatic carbocycles. The molecule has 1 unspecified atom stereocenters. The molecule has 0 amide bonds. The molecule has 0 aliphatic heterocycles. The molecular formula is C18H33O3. The van der Waals surface area contributed by atoms with Gasteiger partial charge in [0, 0.05) is 6.61 Å². The average Bonchev–Trinajstić information content (AvgIpc) is 2.46. The Morgan fingerprint density at radius 2 is 1.57 bits per heavy atom. The van der Waals surface area contributed by atoms with Crippen molar-refractivity contribution in [2.75, 3.05) is 13.2 Å². The molecule has 0 bridgehead atoms. The number of ether oxygens (including phenoxy) is 1. The average molecular weight is 297 g/mol. The third-order valence-corrected chi connectivity index (χ3v) is 2.87. The van der Waals surface area contributed by atoms with Gasteiger partial charge in [0.25, 0.3) is 0 Å². The first-order valence-corrected chi connectivity index (χ1v) is 8.19. The summed E-state index contributed by atoms with van der Waals surface area (Å²) in [5.74, 6) is 0. The second kappa shape index (κ2) is 21.4. The number of hydrogen-bond acceptors (Lipinski definition) is 2. The molecule has 0 aromatic rings. The van der Waals surface area contributed by atoms with Crippen molar-refractivity contribution in [2.45, 2.75) is 71.8 Å². The first-order chi connectivity index (χ1) is 10.2. The summed E-state index contributed by atoms with van der Waals surface area (Å²) in [4.78, 5) is 10.00. The van der Waals surface area contributed by atoms with Gasteiger partial charge >= 0.3 is 0 Å². The number of rotatable bonds is 12. The molecule has 0 rings (SSSR count). The summed E-state index contributed by atoms with van der Waals surface area (Å²) < 4.78 is 5.49. The Morgan fingerprint density at radius 3 is 2.19 bits per heavy atom. The molecule has 0 N–H and O–H groups in total. The van der Waals surface area contributed by atoms with Crippen molar-refractivity contribution in [3.63, 3.8) is 0 Å². The van der Waals surface area contributed by atoms with E-state index in [0.29, 0.717) is 6.10 Å². The summed E-state index contributed by atoms with van der Waals surface area (Å²) in [6.45, 7) is 6.60. The van der Waals surface area contributed by atoms with Crippen molar-refractivity contribution in [1.82, 2.24) is 0 Å². The van der Waals surface area contributed by atoms with Crippen LogP contribution in [0.5, 0.6) is 0 Å². The molecule has 0 aliphatic rings. The standard InChI is InChI=1S/C16H28O2.C2H5O/c1-3-18-16(2)14-12-10-8-6-4-5-7-9-11-13-15-17;1-2-3/h7,9,11,13,15-16H,3-6,8,10,12,14H2,1-2H3;2H2,1H3. The van der Waals surface area contributed by atoms with Crippen LogP contribution in [0, 0.1) is 0 Å². The first kappa shape index (κ1) is 22.4. The molecule has 0 spiro atoms. The largest absolute Gasteiger partial charge is 0.379 e. The van der Waals surface area contributed by atoms with Crippen LogP contribution < -0.4 is 0 Å². The predicted molar refractivity (Wildman–Crippen MR) is 89.0 cm³/mol. The summed E-state index contributed by atoms with van der Waals surface area (Å²) >= 11 is 0. The summed E-state index contributed by atoms with van der Waals surface area (Å²) in [7, 11) is 0. The van der Waals surface area contributed by atoms with E-state index in [4.69, 9.17) is 9.84 Å². The van der Waals surface area contributed by atoms with Crippen molar-refractivity contribution in [3.8, 4) is 0 Å². The number of allylic oxidation sites excluding steroid dienone is 4. The van der Waals surface area contributed by atoms with Crippen molar-refractivity contribution >= 4 is 6.29 Å². The summed E-state index contributed by atoms with van der Waals surface area (Å²) in [5.41, 5.74) is 0. The zero-order valence-electron chi connectivity index (χ0n) is 14.1. The molecule has 1 atom stereocenters. The highest BCUT2D eigenvalue weighted by Crippen LogP contribution is 2.10. The molecule has 3 nitrogen and oxygen atoms in total. The van der Waals surface area contributed by atoms with Gasteiger partial charge in [0.15, 0.2) is 0 Å². The highest BCUT2D eigenvalue weighted by atomic mass is 16.5. The van der Waals surface area contributed by atoms with E-state index >= 15 is 0 Å². The van der Waals surface area contributed by atoms with Crippen LogP contribution in [0.1, 0.15) is 65.7 Å². The lowest BCUT2D eigenvalue weighted by Crippen LogP contribution is -2.07. The van der Waals surface area contributed by atoms with Crippen LogP contribution in [-0.4, -0.2) is 25.6 Å². The number of carbonyl (C=O) groups excluding carboxylic acids is 1. The third kappa shape index (κ3) is 24.5. The lowest BCUT2D eigenvalue weighted by atomic mass is 10.1. The van der Waals surface area contributed by atoms with E-state index in [1.807, 2.05) is 13.0 Å². The van der Waals surface area contributed by atoms with E-state index in [1.54, 1.807) is 13.0 Å². The Labute approximate surface area is 131 Å². The smallest absolute Gasteiger partial charge is 0.142 e. The van der Waals surface area contributed by atoms with Gasteiger partial charge in [-0.25, -0.2) is 5.11 Å². The van der Waals surface area contributed by atoms with Crippen LogP contribution in [0.3, 0.4) is 0 Å². The van der Waals surface area contributed by atoms with Gasteiger partial charge in [0.2, 0.25) is 0 Å². The molecule has 0 aromatic carbocycles. The fraction of sp³-hybridized carbons (Fsp3) is 0.722. The molecule has 0 fully saturated rings. The van der Waals surface area contributed by atoms with Crippen molar-refractivity contribution < 1.29 is 14.6 Å². The highest BCUT2D eigenvalue weighted by molar-refractivity contribution is 5.65. The Bertz CT molecular complexity index is 247. The van der Waals surface area contributed by atoms with Crippen LogP contribution in [0.2, 0.25) is 0 Å². The van der Waals surface area contributed by atoms with E-state index in [0.717, 1.165) is 19.3 Å². The normalized spacial score (nSPS) is 12.4. The van der Waals surface area contributed by atoms with Crippen LogP contribution in [0.15, 0.2) is 24.3 Å². The maximum atomic E-state index is 10.00. The maximum absolute atomic E-state index is 10.00. The van der Waals surface area contributed by atoms with Gasteiger partial charge in [-0.1, -0.05) is 43.9 Å². The van der Waals surface area contributed by atoms with Crippen LogP contribution >= 0.6 is 0 Å². The van der Waals surface area contributed by atoms with Gasteiger partial charge in [-0.15, -0.1) is 0 Å². The molecule has 3 heteroatoms. The SMILES string of the molecule is CCOC(C)CCCCCCCC=CC=CC=O.CC[O]. The molecule has 1 radical (unpaired) electrons. The topological polar surface area (TPSA) is 46.2 Å². The molecule has 0 aromatic heterocycles. The van der Waals surface area contributed by atoms with Gasteiger partial charge < -0.3 is 4.74 Å². The highest BCUT2D eigenvalue weighted by Gasteiger charge is 1.99. The Balaban J connectivity index is 0. The zero-order valence-corrected chi connectivity index (χ0v) is 14.1. The van der Waals surface area contributed by atoms with Crippen LogP contribution in [0.4, 0.5) is 0 Å². The van der Waals surface area contributed by atoms with E-state index in [1.165, 1.54) is 44.6 Å².